The van der Waals surface area contributed by atoms with Crippen LogP contribution in [0, 0.1) is 0 Å². The van der Waals surface area contributed by atoms with E-state index < -0.39 is 5.97 Å². The Hall–Kier alpha value is -2.71. The smallest absolute Gasteiger partial charge is 0.344 e. The number of rotatable bonds is 7. The lowest BCUT2D eigenvalue weighted by molar-refractivity contribution is 0.0471. The van der Waals surface area contributed by atoms with Gasteiger partial charge in [-0.2, -0.15) is 0 Å². The van der Waals surface area contributed by atoms with E-state index in [4.69, 9.17) is 20.9 Å². The summed E-state index contributed by atoms with van der Waals surface area (Å²) in [5.41, 5.74) is 3.97. The zero-order valence-electron chi connectivity index (χ0n) is 18.2. The van der Waals surface area contributed by atoms with E-state index in [1.165, 1.54) is 6.33 Å². The summed E-state index contributed by atoms with van der Waals surface area (Å²) in [6.07, 6.45) is 3.35. The van der Waals surface area contributed by atoms with Gasteiger partial charge >= 0.3 is 5.97 Å². The maximum absolute atomic E-state index is 13.4. The molecule has 1 fully saturated rings. The number of aromatic nitrogens is 4. The molecule has 1 saturated carbocycles. The fourth-order valence-corrected chi connectivity index (χ4v) is 4.95. The van der Waals surface area contributed by atoms with Crippen LogP contribution >= 0.6 is 27.5 Å². The molecule has 0 amide bonds. The van der Waals surface area contributed by atoms with Crippen molar-refractivity contribution < 1.29 is 14.1 Å². The Morgan fingerprint density at radius 2 is 2.03 bits per heavy atom. The summed E-state index contributed by atoms with van der Waals surface area (Å²) in [5, 5.41) is 5.83. The van der Waals surface area contributed by atoms with Crippen LogP contribution in [0.2, 0.25) is 5.15 Å². The predicted octanol–water partition coefficient (Wildman–Crippen LogP) is 6.45. The monoisotopic (exact) mass is 528 g/mol. The minimum Gasteiger partial charge on any atom is -0.457 e. The lowest BCUT2D eigenvalue weighted by atomic mass is 10.0. The highest BCUT2D eigenvalue weighted by Gasteiger charge is 2.38. The molecule has 0 bridgehead atoms. The van der Waals surface area contributed by atoms with Gasteiger partial charge in [-0.15, -0.1) is 0 Å². The van der Waals surface area contributed by atoms with Gasteiger partial charge in [0.2, 0.25) is 0 Å². The van der Waals surface area contributed by atoms with E-state index in [1.54, 1.807) is 0 Å². The van der Waals surface area contributed by atoms with Crippen LogP contribution in [0.15, 0.2) is 41.2 Å². The van der Waals surface area contributed by atoms with Crippen LogP contribution in [0.4, 0.5) is 0 Å². The minimum atomic E-state index is -0.462. The molecule has 0 aliphatic heterocycles. The second kappa shape index (κ2) is 8.91. The molecular weight excluding hydrogens is 508 g/mol. The van der Waals surface area contributed by atoms with Gasteiger partial charge in [-0.25, -0.2) is 14.8 Å². The van der Waals surface area contributed by atoms with Gasteiger partial charge in [0, 0.05) is 28.5 Å². The molecular formula is C24H22BrClN4O3. The summed E-state index contributed by atoms with van der Waals surface area (Å²) < 4.78 is 13.5. The lowest BCUT2D eigenvalue weighted by Gasteiger charge is -2.13. The largest absolute Gasteiger partial charge is 0.457 e. The van der Waals surface area contributed by atoms with Crippen molar-refractivity contribution in [2.24, 2.45) is 0 Å². The molecule has 1 aromatic carbocycles. The van der Waals surface area contributed by atoms with Gasteiger partial charge in [-0.1, -0.05) is 63.0 Å². The first kappa shape index (κ1) is 22.1. The molecule has 3 heterocycles. The number of hydrogen-bond donors (Lipinski definition) is 0. The molecule has 0 saturated heterocycles. The molecule has 1 aliphatic rings. The third kappa shape index (κ3) is 3.95. The van der Waals surface area contributed by atoms with Crippen molar-refractivity contribution in [2.75, 3.05) is 0 Å². The standard InChI is InChI=1S/C24H22BrClN4O3/c1-13(2)30-16(10-25)17(18-22(26)27-12-28-23(18)30)20-19(21(33-29-20)15-8-9-15)24(31)32-11-14-6-4-3-5-7-14/h3-7,12-13,15H,8-11H2,1-2H3. The van der Waals surface area contributed by atoms with E-state index in [-0.39, 0.29) is 18.6 Å². The molecule has 5 rings (SSSR count). The van der Waals surface area contributed by atoms with E-state index in [1.807, 2.05) is 30.3 Å². The summed E-state index contributed by atoms with van der Waals surface area (Å²) in [4.78, 5) is 22.1. The predicted molar refractivity (Wildman–Crippen MR) is 129 cm³/mol. The van der Waals surface area contributed by atoms with Gasteiger partial charge in [0.1, 0.15) is 35.0 Å². The number of hydrogen-bond acceptors (Lipinski definition) is 6. The number of fused-ring (bicyclic) bond motifs is 1. The third-order valence-electron chi connectivity index (χ3n) is 5.80. The molecule has 1 aliphatic carbocycles. The molecule has 0 unspecified atom stereocenters. The van der Waals surface area contributed by atoms with Crippen molar-refractivity contribution in [3.05, 3.63) is 64.4 Å². The molecule has 170 valence electrons. The van der Waals surface area contributed by atoms with E-state index in [9.17, 15) is 4.79 Å². The van der Waals surface area contributed by atoms with Gasteiger partial charge in [0.25, 0.3) is 0 Å². The molecule has 33 heavy (non-hydrogen) atoms. The first-order chi connectivity index (χ1) is 16.0. The number of carbonyl (C=O) groups is 1. The minimum absolute atomic E-state index is 0.100. The van der Waals surface area contributed by atoms with Gasteiger partial charge in [0.15, 0.2) is 5.76 Å². The molecule has 7 nitrogen and oxygen atoms in total. The quantitative estimate of drug-likeness (QED) is 0.155. The van der Waals surface area contributed by atoms with E-state index in [0.29, 0.717) is 44.1 Å². The van der Waals surface area contributed by atoms with Gasteiger partial charge in [-0.3, -0.25) is 0 Å². The number of esters is 1. The molecule has 0 spiro atoms. The SMILES string of the molecule is CC(C)n1c(CBr)c(-c2noc(C3CC3)c2C(=O)OCc2ccccc2)c2c(Cl)ncnc21. The Morgan fingerprint density at radius 3 is 2.70 bits per heavy atom. The zero-order chi connectivity index (χ0) is 23.1. The third-order valence-corrected chi connectivity index (χ3v) is 6.62. The molecule has 0 atom stereocenters. The number of nitrogens with zero attached hydrogens (tertiary/aromatic N) is 4. The van der Waals surface area contributed by atoms with Crippen LogP contribution in [0.3, 0.4) is 0 Å². The average molecular weight is 530 g/mol. The molecule has 0 N–H and O–H groups in total. The van der Waals surface area contributed by atoms with Crippen molar-refractivity contribution in [1.82, 2.24) is 19.7 Å². The van der Waals surface area contributed by atoms with Crippen LogP contribution in [0.5, 0.6) is 0 Å². The van der Waals surface area contributed by atoms with Crippen molar-refractivity contribution in [3.8, 4) is 11.3 Å². The topological polar surface area (TPSA) is 83.0 Å². The molecule has 3 aromatic heterocycles. The number of benzene rings is 1. The Labute approximate surface area is 204 Å². The second-order valence-corrected chi connectivity index (χ2v) is 9.31. The number of halogens is 2. The summed E-state index contributed by atoms with van der Waals surface area (Å²) in [5.74, 6) is 0.279. The fourth-order valence-electron chi connectivity index (χ4n) is 4.18. The van der Waals surface area contributed by atoms with Gasteiger partial charge in [-0.05, 0) is 32.3 Å². The number of alkyl halides is 1. The summed E-state index contributed by atoms with van der Waals surface area (Å²) in [6, 6.07) is 9.68. The highest BCUT2D eigenvalue weighted by Crippen LogP contribution is 2.47. The normalized spacial score (nSPS) is 13.7. The fraction of sp³-hybridized carbons (Fsp3) is 0.333. The van der Waals surface area contributed by atoms with Crippen molar-refractivity contribution in [1.29, 1.82) is 0 Å². The summed E-state index contributed by atoms with van der Waals surface area (Å²) in [7, 11) is 0. The van der Waals surface area contributed by atoms with Crippen LogP contribution in [-0.4, -0.2) is 25.7 Å². The Kier molecular flexibility index (Phi) is 5.97. The Morgan fingerprint density at radius 1 is 1.27 bits per heavy atom. The summed E-state index contributed by atoms with van der Waals surface area (Å²) in [6.45, 7) is 4.30. The second-order valence-electron chi connectivity index (χ2n) is 8.39. The van der Waals surface area contributed by atoms with Crippen LogP contribution in [0.25, 0.3) is 22.3 Å². The highest BCUT2D eigenvalue weighted by atomic mass is 79.9. The first-order valence-electron chi connectivity index (χ1n) is 10.8. The zero-order valence-corrected chi connectivity index (χ0v) is 20.6. The van der Waals surface area contributed by atoms with Crippen molar-refractivity contribution in [2.45, 2.75) is 50.6 Å². The van der Waals surface area contributed by atoms with Crippen molar-refractivity contribution >= 4 is 44.5 Å². The van der Waals surface area contributed by atoms with Crippen molar-refractivity contribution in [3.63, 3.8) is 0 Å². The van der Waals surface area contributed by atoms with Gasteiger partial charge in [0.05, 0.1) is 5.39 Å². The Bertz CT molecular complexity index is 1330. The number of ether oxygens (including phenoxy) is 1. The van der Waals surface area contributed by atoms with E-state index in [0.717, 1.165) is 24.1 Å². The van der Waals surface area contributed by atoms with Crippen LogP contribution < -0.4 is 0 Å². The maximum Gasteiger partial charge on any atom is 0.344 e. The Balaban J connectivity index is 1.67. The molecule has 0 radical (unpaired) electrons. The van der Waals surface area contributed by atoms with E-state index >= 15 is 0 Å². The van der Waals surface area contributed by atoms with E-state index in [2.05, 4.69) is 49.5 Å². The van der Waals surface area contributed by atoms with Crippen LogP contribution in [-0.2, 0) is 16.7 Å². The summed E-state index contributed by atoms with van der Waals surface area (Å²) >= 11 is 10.2. The highest BCUT2D eigenvalue weighted by molar-refractivity contribution is 9.08. The maximum atomic E-state index is 13.4. The first-order valence-corrected chi connectivity index (χ1v) is 12.3. The lowest BCUT2D eigenvalue weighted by Crippen LogP contribution is -2.09. The van der Waals surface area contributed by atoms with Crippen LogP contribution in [0.1, 0.15) is 66.0 Å². The average Bonchev–Trinajstić information content (AvgIpc) is 3.47. The molecule has 4 aromatic rings. The van der Waals surface area contributed by atoms with Gasteiger partial charge < -0.3 is 13.8 Å². The number of carbonyl (C=O) groups excluding carboxylic acids is 1. The molecule has 9 heteroatoms.